The van der Waals surface area contributed by atoms with E-state index in [0.717, 1.165) is 15.0 Å². The molecule has 4 rings (SSSR count). The minimum absolute atomic E-state index is 0.0673. The molecule has 2 atom stereocenters. The van der Waals surface area contributed by atoms with Gasteiger partial charge in [0.05, 0.1) is 17.8 Å². The number of aromatic nitrogens is 1. The number of hydrogen-bond donors (Lipinski definition) is 2. The van der Waals surface area contributed by atoms with E-state index in [1.54, 1.807) is 29.7 Å². The van der Waals surface area contributed by atoms with Crippen molar-refractivity contribution in [2.75, 3.05) is 11.9 Å². The molecule has 0 radical (unpaired) electrons. The van der Waals surface area contributed by atoms with Gasteiger partial charge in [0.2, 0.25) is 5.91 Å². The molecule has 154 valence electrons. The summed E-state index contributed by atoms with van der Waals surface area (Å²) >= 11 is 10.8. The van der Waals surface area contributed by atoms with Gasteiger partial charge >= 0.3 is 0 Å². The van der Waals surface area contributed by atoms with Crippen LogP contribution in [-0.2, 0) is 4.79 Å². The normalized spacial score (nSPS) is 18.3. The van der Waals surface area contributed by atoms with Crippen LogP contribution in [0.1, 0.15) is 29.1 Å². The molecule has 2 unspecified atom stereocenters. The number of carbonyl (C=O) groups excluding carboxylic acids is 1. The maximum Gasteiger partial charge on any atom is 0.226 e. The molecule has 2 aromatic heterocycles. The molecule has 3 heterocycles. The van der Waals surface area contributed by atoms with E-state index in [1.807, 2.05) is 28.5 Å². The monoisotopic (exact) mass is 504 g/mol. The first-order valence-corrected chi connectivity index (χ1v) is 11.4. The number of thiocarbonyl (C=S) groups is 1. The molecule has 0 aliphatic carbocycles. The zero-order chi connectivity index (χ0) is 21.1. The van der Waals surface area contributed by atoms with Gasteiger partial charge in [0.15, 0.2) is 5.11 Å². The van der Waals surface area contributed by atoms with Crippen LogP contribution in [-0.4, -0.2) is 27.4 Å². The molecular formula is C21H18BrFN4OS2. The second-order valence-corrected chi connectivity index (χ2v) is 9.04. The summed E-state index contributed by atoms with van der Waals surface area (Å²) in [7, 11) is 0. The Morgan fingerprint density at radius 1 is 1.30 bits per heavy atom. The van der Waals surface area contributed by atoms with E-state index in [9.17, 15) is 9.18 Å². The highest BCUT2D eigenvalue weighted by molar-refractivity contribution is 9.10. The summed E-state index contributed by atoms with van der Waals surface area (Å²) in [6.07, 6.45) is 2.01. The number of benzene rings is 1. The molecule has 5 nitrogen and oxygen atoms in total. The first-order valence-electron chi connectivity index (χ1n) is 9.28. The number of anilines is 1. The lowest BCUT2D eigenvalue weighted by molar-refractivity contribution is -0.116. The fourth-order valence-electron chi connectivity index (χ4n) is 3.42. The Morgan fingerprint density at radius 3 is 2.77 bits per heavy atom. The van der Waals surface area contributed by atoms with Crippen LogP contribution in [0.4, 0.5) is 10.1 Å². The Morgan fingerprint density at radius 2 is 2.10 bits per heavy atom. The quantitative estimate of drug-likeness (QED) is 0.460. The van der Waals surface area contributed by atoms with Gasteiger partial charge < -0.3 is 15.5 Å². The second kappa shape index (κ2) is 9.20. The summed E-state index contributed by atoms with van der Waals surface area (Å²) in [5.41, 5.74) is 1.46. The van der Waals surface area contributed by atoms with Crippen molar-refractivity contribution < 1.29 is 9.18 Å². The van der Waals surface area contributed by atoms with E-state index < -0.39 is 0 Å². The maximum absolute atomic E-state index is 13.1. The molecule has 0 saturated carbocycles. The molecule has 1 aromatic carbocycles. The molecule has 0 bridgehead atoms. The van der Waals surface area contributed by atoms with E-state index in [-0.39, 0.29) is 30.2 Å². The predicted octanol–water partition coefficient (Wildman–Crippen LogP) is 5.05. The third kappa shape index (κ3) is 4.69. The average molecular weight is 505 g/mol. The number of nitrogens with zero attached hydrogens (tertiary/aromatic N) is 2. The fraction of sp³-hybridized carbons (Fsp3) is 0.190. The number of halogens is 2. The molecule has 1 fully saturated rings. The van der Waals surface area contributed by atoms with Gasteiger partial charge in [0.1, 0.15) is 5.82 Å². The van der Waals surface area contributed by atoms with E-state index in [0.29, 0.717) is 17.3 Å². The summed E-state index contributed by atoms with van der Waals surface area (Å²) in [5, 5.41) is 8.79. The second-order valence-electron chi connectivity index (χ2n) is 6.79. The average Bonchev–Trinajstić information content (AvgIpc) is 3.31. The van der Waals surface area contributed by atoms with Crippen molar-refractivity contribution in [3.05, 3.63) is 81.0 Å². The minimum Gasteiger partial charge on any atom is -0.352 e. The lowest BCUT2D eigenvalue weighted by atomic mass is 10.0. The maximum atomic E-state index is 13.1. The van der Waals surface area contributed by atoms with Crippen molar-refractivity contribution in [1.82, 2.24) is 15.2 Å². The van der Waals surface area contributed by atoms with Crippen molar-refractivity contribution in [1.29, 1.82) is 0 Å². The Hall–Kier alpha value is -2.36. The van der Waals surface area contributed by atoms with Crippen LogP contribution in [0.5, 0.6) is 0 Å². The summed E-state index contributed by atoms with van der Waals surface area (Å²) < 4.78 is 14.1. The number of thiophene rings is 1. The topological polar surface area (TPSA) is 57.3 Å². The number of pyridine rings is 1. The number of amides is 1. The van der Waals surface area contributed by atoms with E-state index >= 15 is 0 Å². The number of nitrogens with one attached hydrogen (secondary N) is 2. The standard InChI is InChI=1S/C21H18BrFN4OS2/c22-13-11-17(30-12-13)20-19(16-3-1-2-9-24-16)26-21(29)27(20)10-8-18(28)25-15-6-4-14(23)5-7-15/h1-7,9,11-12,19-20H,8,10H2,(H,25,28)(H,26,29). The van der Waals surface area contributed by atoms with E-state index in [4.69, 9.17) is 12.2 Å². The summed E-state index contributed by atoms with van der Waals surface area (Å²) in [6, 6.07) is 13.4. The van der Waals surface area contributed by atoms with Crippen LogP contribution in [0, 0.1) is 5.82 Å². The highest BCUT2D eigenvalue weighted by Crippen LogP contribution is 2.41. The zero-order valence-electron chi connectivity index (χ0n) is 15.7. The van der Waals surface area contributed by atoms with Gasteiger partial charge in [-0.15, -0.1) is 11.3 Å². The molecule has 0 spiro atoms. The van der Waals surface area contributed by atoms with Gasteiger partial charge in [0.25, 0.3) is 0 Å². The largest absolute Gasteiger partial charge is 0.352 e. The van der Waals surface area contributed by atoms with Crippen LogP contribution in [0.25, 0.3) is 0 Å². The summed E-state index contributed by atoms with van der Waals surface area (Å²) in [6.45, 7) is 0.447. The van der Waals surface area contributed by atoms with Gasteiger partial charge in [0, 0.05) is 39.6 Å². The van der Waals surface area contributed by atoms with Gasteiger partial charge in [-0.3, -0.25) is 9.78 Å². The van der Waals surface area contributed by atoms with Crippen molar-refractivity contribution in [3.63, 3.8) is 0 Å². The molecule has 1 aliphatic rings. The summed E-state index contributed by atoms with van der Waals surface area (Å²) in [4.78, 5) is 20.1. The fourth-order valence-corrected chi connectivity index (χ4v) is 5.34. The first-order chi connectivity index (χ1) is 14.5. The zero-order valence-corrected chi connectivity index (χ0v) is 18.9. The molecule has 1 aliphatic heterocycles. The molecular weight excluding hydrogens is 487 g/mol. The highest BCUT2D eigenvalue weighted by atomic mass is 79.9. The Kier molecular flexibility index (Phi) is 6.40. The van der Waals surface area contributed by atoms with Crippen molar-refractivity contribution in [2.24, 2.45) is 0 Å². The number of hydrogen-bond acceptors (Lipinski definition) is 4. The minimum atomic E-state index is -0.341. The third-order valence-electron chi connectivity index (χ3n) is 4.78. The van der Waals surface area contributed by atoms with E-state index in [2.05, 4.69) is 37.6 Å². The van der Waals surface area contributed by atoms with Crippen molar-refractivity contribution in [2.45, 2.75) is 18.5 Å². The lowest BCUT2D eigenvalue weighted by Gasteiger charge is -2.26. The molecule has 30 heavy (non-hydrogen) atoms. The number of carbonyl (C=O) groups is 1. The van der Waals surface area contributed by atoms with Crippen molar-refractivity contribution >= 4 is 56.2 Å². The Bertz CT molecular complexity index is 1040. The lowest BCUT2D eigenvalue weighted by Crippen LogP contribution is -2.32. The van der Waals surface area contributed by atoms with Gasteiger partial charge in [-0.05, 0) is 70.6 Å². The smallest absolute Gasteiger partial charge is 0.226 e. The predicted molar refractivity (Wildman–Crippen MR) is 124 cm³/mol. The van der Waals surface area contributed by atoms with Gasteiger partial charge in [-0.1, -0.05) is 6.07 Å². The molecule has 1 amide bonds. The molecule has 9 heteroatoms. The summed E-state index contributed by atoms with van der Waals surface area (Å²) in [5.74, 6) is -0.496. The van der Waals surface area contributed by atoms with Crippen LogP contribution >= 0.6 is 39.5 Å². The van der Waals surface area contributed by atoms with E-state index in [1.165, 1.54) is 12.1 Å². The first kappa shape index (κ1) is 20.9. The molecule has 3 aromatic rings. The van der Waals surface area contributed by atoms with Crippen LogP contribution in [0.3, 0.4) is 0 Å². The SMILES string of the molecule is O=C(CCN1C(=S)NC(c2ccccn2)C1c1cc(Br)cs1)Nc1ccc(F)cc1. The van der Waals surface area contributed by atoms with Gasteiger partial charge in [-0.25, -0.2) is 4.39 Å². The third-order valence-corrected chi connectivity index (χ3v) is 6.90. The van der Waals surface area contributed by atoms with Crippen LogP contribution < -0.4 is 10.6 Å². The van der Waals surface area contributed by atoms with Crippen molar-refractivity contribution in [3.8, 4) is 0 Å². The van der Waals surface area contributed by atoms with Crippen LogP contribution in [0.15, 0.2) is 64.6 Å². The number of rotatable bonds is 6. The Balaban J connectivity index is 1.51. The van der Waals surface area contributed by atoms with Gasteiger partial charge in [-0.2, -0.15) is 0 Å². The highest BCUT2D eigenvalue weighted by Gasteiger charge is 2.40. The Labute approximate surface area is 191 Å². The molecule has 2 N–H and O–H groups in total. The molecule has 1 saturated heterocycles. The van der Waals surface area contributed by atoms with Crippen LogP contribution in [0.2, 0.25) is 0 Å².